The van der Waals surface area contributed by atoms with Crippen molar-refractivity contribution in [1.29, 1.82) is 0 Å². The van der Waals surface area contributed by atoms with Crippen LogP contribution < -0.4 is 0 Å². The molecule has 8 heteroatoms. The quantitative estimate of drug-likeness (QED) is 0.457. The zero-order chi connectivity index (χ0) is 21.2. The molecule has 0 spiro atoms. The van der Waals surface area contributed by atoms with Gasteiger partial charge in [0, 0.05) is 42.1 Å². The van der Waals surface area contributed by atoms with Crippen LogP contribution in [0.2, 0.25) is 5.02 Å². The summed E-state index contributed by atoms with van der Waals surface area (Å²) < 4.78 is 1.93. The molecule has 0 unspecified atom stereocenters. The number of rotatable bonds is 5. The highest BCUT2D eigenvalue weighted by Crippen LogP contribution is 2.24. The molecule has 1 aliphatic heterocycles. The number of piperazine rings is 1. The summed E-state index contributed by atoms with van der Waals surface area (Å²) in [6.45, 7) is 4.32. The molecule has 31 heavy (non-hydrogen) atoms. The van der Waals surface area contributed by atoms with E-state index >= 15 is 0 Å². The lowest BCUT2D eigenvalue weighted by Gasteiger charge is -2.34. The van der Waals surface area contributed by atoms with Crippen LogP contribution in [0.4, 0.5) is 0 Å². The van der Waals surface area contributed by atoms with Crippen molar-refractivity contribution in [3.8, 4) is 11.3 Å². The molecule has 1 fully saturated rings. The molecule has 3 heterocycles. The van der Waals surface area contributed by atoms with Gasteiger partial charge in [-0.1, -0.05) is 35.9 Å². The predicted molar refractivity (Wildman–Crippen MR) is 124 cm³/mol. The van der Waals surface area contributed by atoms with Gasteiger partial charge in [0.1, 0.15) is 11.6 Å². The van der Waals surface area contributed by atoms with Gasteiger partial charge in [0.05, 0.1) is 29.6 Å². The Morgan fingerprint density at radius 1 is 1.03 bits per heavy atom. The molecule has 0 saturated carbocycles. The Hall–Kier alpha value is -2.74. The summed E-state index contributed by atoms with van der Waals surface area (Å²) in [6, 6.07) is 15.7. The monoisotopic (exact) mass is 451 g/mol. The molecule has 0 radical (unpaired) electrons. The number of fused-ring (bicyclic) bond motifs is 1. The van der Waals surface area contributed by atoms with Crippen LogP contribution in [0.3, 0.4) is 0 Å². The predicted octanol–water partition coefficient (Wildman–Crippen LogP) is 4.16. The summed E-state index contributed by atoms with van der Waals surface area (Å²) in [7, 11) is 0. The molecule has 158 valence electrons. The van der Waals surface area contributed by atoms with Crippen molar-refractivity contribution in [1.82, 2.24) is 24.3 Å². The van der Waals surface area contributed by atoms with Gasteiger partial charge in [0.25, 0.3) is 0 Å². The van der Waals surface area contributed by atoms with E-state index in [1.807, 2.05) is 58.0 Å². The van der Waals surface area contributed by atoms with Gasteiger partial charge < -0.3 is 9.47 Å². The fourth-order valence-electron chi connectivity index (χ4n) is 3.87. The lowest BCUT2D eigenvalue weighted by atomic mass is 10.2. The van der Waals surface area contributed by atoms with E-state index in [1.165, 1.54) is 0 Å². The molecule has 6 nitrogen and oxygen atoms in total. The molecular weight excluding hydrogens is 430 g/mol. The van der Waals surface area contributed by atoms with Crippen molar-refractivity contribution in [3.63, 3.8) is 0 Å². The van der Waals surface area contributed by atoms with Crippen LogP contribution in [-0.4, -0.2) is 56.4 Å². The summed E-state index contributed by atoms with van der Waals surface area (Å²) in [5, 5.41) is 3.91. The van der Waals surface area contributed by atoms with E-state index in [-0.39, 0.29) is 5.91 Å². The van der Waals surface area contributed by atoms with Gasteiger partial charge in [-0.3, -0.25) is 9.69 Å². The third kappa shape index (κ3) is 4.49. The van der Waals surface area contributed by atoms with Crippen LogP contribution in [0.5, 0.6) is 0 Å². The van der Waals surface area contributed by atoms with Crippen LogP contribution in [0.1, 0.15) is 5.01 Å². The lowest BCUT2D eigenvalue weighted by Crippen LogP contribution is -2.49. The minimum absolute atomic E-state index is 0.141. The van der Waals surface area contributed by atoms with Crippen molar-refractivity contribution < 1.29 is 4.79 Å². The number of thiazole rings is 1. The maximum atomic E-state index is 12.8. The van der Waals surface area contributed by atoms with E-state index in [2.05, 4.69) is 15.3 Å². The summed E-state index contributed by atoms with van der Waals surface area (Å²) in [6.07, 6.45) is 1.75. The first-order valence-electron chi connectivity index (χ1n) is 10.3. The highest BCUT2D eigenvalue weighted by atomic mass is 35.5. The van der Waals surface area contributed by atoms with Gasteiger partial charge in [0.2, 0.25) is 5.91 Å². The number of benzene rings is 2. The molecule has 5 rings (SSSR count). The van der Waals surface area contributed by atoms with Crippen LogP contribution in [0, 0.1) is 0 Å². The zero-order valence-corrected chi connectivity index (χ0v) is 18.5. The SMILES string of the molecule is O=C(Cn1cnc2ccccc21)N1CCN(Cc2nc(-c3ccc(Cl)cc3)cs2)CC1. The molecule has 0 atom stereocenters. The first kappa shape index (κ1) is 20.2. The lowest BCUT2D eigenvalue weighted by molar-refractivity contribution is -0.133. The molecule has 2 aromatic heterocycles. The van der Waals surface area contributed by atoms with Crippen molar-refractivity contribution in [2.24, 2.45) is 0 Å². The molecule has 0 bridgehead atoms. The van der Waals surface area contributed by atoms with Gasteiger partial charge in [-0.25, -0.2) is 9.97 Å². The summed E-state index contributed by atoms with van der Waals surface area (Å²) in [5.41, 5.74) is 3.98. The number of imidazole rings is 1. The molecule has 1 amide bonds. The maximum Gasteiger partial charge on any atom is 0.242 e. The standard InChI is InChI=1S/C23H22ClN5OS/c24-18-7-5-17(6-8-18)20-15-31-22(26-20)13-27-9-11-28(12-10-27)23(30)14-29-16-25-19-3-1-2-4-21(19)29/h1-8,15-16H,9-14H2. The smallest absolute Gasteiger partial charge is 0.242 e. The van der Waals surface area contributed by atoms with Crippen LogP contribution in [0.25, 0.3) is 22.3 Å². The number of carbonyl (C=O) groups excluding carboxylic acids is 1. The highest BCUT2D eigenvalue weighted by Gasteiger charge is 2.22. The topological polar surface area (TPSA) is 54.3 Å². The third-order valence-electron chi connectivity index (χ3n) is 5.61. The Labute approximate surface area is 189 Å². The third-order valence-corrected chi connectivity index (χ3v) is 6.69. The first-order valence-corrected chi connectivity index (χ1v) is 11.5. The molecule has 2 aromatic carbocycles. The van der Waals surface area contributed by atoms with Gasteiger partial charge in [-0.15, -0.1) is 11.3 Å². The fourth-order valence-corrected chi connectivity index (χ4v) is 4.84. The second kappa shape index (κ2) is 8.78. The molecular formula is C23H22ClN5OS. The summed E-state index contributed by atoms with van der Waals surface area (Å²) >= 11 is 7.65. The van der Waals surface area contributed by atoms with Crippen LogP contribution in [-0.2, 0) is 17.9 Å². The van der Waals surface area contributed by atoms with E-state index in [0.29, 0.717) is 6.54 Å². The minimum Gasteiger partial charge on any atom is -0.339 e. The molecule has 4 aromatic rings. The summed E-state index contributed by atoms with van der Waals surface area (Å²) in [5.74, 6) is 0.141. The van der Waals surface area contributed by atoms with Crippen molar-refractivity contribution in [2.45, 2.75) is 13.1 Å². The molecule has 1 saturated heterocycles. The van der Waals surface area contributed by atoms with E-state index in [0.717, 1.165) is 65.0 Å². The maximum absolute atomic E-state index is 12.8. The number of hydrogen-bond acceptors (Lipinski definition) is 5. The molecule has 0 N–H and O–H groups in total. The second-order valence-electron chi connectivity index (χ2n) is 7.65. The number of hydrogen-bond donors (Lipinski definition) is 0. The number of para-hydroxylation sites is 2. The number of halogens is 1. The largest absolute Gasteiger partial charge is 0.339 e. The van der Waals surface area contributed by atoms with E-state index < -0.39 is 0 Å². The average molecular weight is 452 g/mol. The van der Waals surface area contributed by atoms with Crippen LogP contribution >= 0.6 is 22.9 Å². The number of nitrogens with zero attached hydrogens (tertiary/aromatic N) is 5. The Morgan fingerprint density at radius 2 is 1.81 bits per heavy atom. The Balaban J connectivity index is 1.15. The first-order chi connectivity index (χ1) is 15.2. The normalized spacial score (nSPS) is 14.9. The van der Waals surface area contributed by atoms with Gasteiger partial charge >= 0.3 is 0 Å². The van der Waals surface area contributed by atoms with Crippen molar-refractivity contribution in [2.75, 3.05) is 26.2 Å². The number of aromatic nitrogens is 3. The van der Waals surface area contributed by atoms with E-state index in [1.54, 1.807) is 17.7 Å². The Morgan fingerprint density at radius 3 is 2.61 bits per heavy atom. The number of amides is 1. The average Bonchev–Trinajstić information content (AvgIpc) is 3.42. The van der Waals surface area contributed by atoms with Crippen molar-refractivity contribution >= 4 is 39.9 Å². The van der Waals surface area contributed by atoms with Gasteiger partial charge in [-0.2, -0.15) is 0 Å². The van der Waals surface area contributed by atoms with Crippen molar-refractivity contribution in [3.05, 3.63) is 70.3 Å². The van der Waals surface area contributed by atoms with E-state index in [9.17, 15) is 4.79 Å². The zero-order valence-electron chi connectivity index (χ0n) is 16.9. The van der Waals surface area contributed by atoms with E-state index in [4.69, 9.17) is 16.6 Å². The Kier molecular flexibility index (Phi) is 5.72. The molecule has 0 aliphatic carbocycles. The van der Waals surface area contributed by atoms with Gasteiger partial charge in [-0.05, 0) is 24.3 Å². The summed E-state index contributed by atoms with van der Waals surface area (Å²) in [4.78, 5) is 26.3. The minimum atomic E-state index is 0.141. The van der Waals surface area contributed by atoms with Crippen LogP contribution in [0.15, 0.2) is 60.2 Å². The number of carbonyl (C=O) groups is 1. The highest BCUT2D eigenvalue weighted by molar-refractivity contribution is 7.09. The second-order valence-corrected chi connectivity index (χ2v) is 9.03. The van der Waals surface area contributed by atoms with Gasteiger partial charge in [0.15, 0.2) is 0 Å². The molecule has 1 aliphatic rings. The Bertz CT molecular complexity index is 1190. The fraction of sp³-hybridized carbons (Fsp3) is 0.261.